The van der Waals surface area contributed by atoms with Crippen LogP contribution in [-0.2, 0) is 16.0 Å². The summed E-state index contributed by atoms with van der Waals surface area (Å²) >= 11 is 0. The highest BCUT2D eigenvalue weighted by Crippen LogP contribution is 2.25. The van der Waals surface area contributed by atoms with Crippen molar-refractivity contribution in [3.8, 4) is 11.5 Å². The summed E-state index contributed by atoms with van der Waals surface area (Å²) < 4.78 is 0. The van der Waals surface area contributed by atoms with Crippen LogP contribution in [0.3, 0.4) is 0 Å². The van der Waals surface area contributed by atoms with E-state index >= 15 is 0 Å². The monoisotopic (exact) mass is 294 g/mol. The van der Waals surface area contributed by atoms with E-state index in [9.17, 15) is 24.9 Å². The number of aliphatic carboxylic acids is 1. The molecule has 5 N–H and O–H groups in total. The number of rotatable bonds is 6. The number of hydrogen-bond donors (Lipinski definition) is 5. The zero-order chi connectivity index (χ0) is 15.4. The molecule has 1 atom stereocenters. The highest BCUT2D eigenvalue weighted by molar-refractivity contribution is 5.84. The molecule has 0 spiro atoms. The zero-order valence-corrected chi connectivity index (χ0v) is 11.4. The predicted molar refractivity (Wildman–Crippen MR) is 74.0 cm³/mol. The lowest BCUT2D eigenvalue weighted by Crippen LogP contribution is -2.47. The average Bonchev–Trinajstić information content (AvgIpc) is 2.37. The van der Waals surface area contributed by atoms with Crippen molar-refractivity contribution in [3.63, 3.8) is 0 Å². The van der Waals surface area contributed by atoms with Gasteiger partial charge < -0.3 is 26.0 Å². The molecule has 1 fully saturated rings. The fourth-order valence-electron chi connectivity index (χ4n) is 2.14. The van der Waals surface area contributed by atoms with Crippen LogP contribution in [0.5, 0.6) is 11.5 Å². The minimum absolute atomic E-state index is 0.0395. The molecule has 0 unspecified atom stereocenters. The number of carboxylic acids is 1. The first-order chi connectivity index (χ1) is 9.95. The number of aromatic hydroxyl groups is 2. The summed E-state index contributed by atoms with van der Waals surface area (Å²) in [5, 5.41) is 33.3. The molecule has 1 amide bonds. The van der Waals surface area contributed by atoms with E-state index in [2.05, 4.69) is 10.6 Å². The molecule has 7 nitrogen and oxygen atoms in total. The Labute approximate surface area is 121 Å². The molecule has 1 saturated heterocycles. The molecule has 2 rings (SSSR count). The van der Waals surface area contributed by atoms with Gasteiger partial charge in [-0.25, -0.2) is 4.79 Å². The molecule has 7 heteroatoms. The van der Waals surface area contributed by atoms with E-state index in [1.54, 1.807) is 0 Å². The van der Waals surface area contributed by atoms with Gasteiger partial charge in [0.2, 0.25) is 5.91 Å². The first-order valence-electron chi connectivity index (χ1n) is 6.69. The number of phenolic OH excluding ortho intramolecular Hbond substituents is 2. The fraction of sp³-hybridized carbons (Fsp3) is 0.429. The molecule has 0 aliphatic carbocycles. The molecule has 0 aromatic heterocycles. The fourth-order valence-corrected chi connectivity index (χ4v) is 2.14. The molecule has 1 aliphatic heterocycles. The molecular weight excluding hydrogens is 276 g/mol. The number of amides is 1. The second-order valence-corrected chi connectivity index (χ2v) is 5.21. The second-order valence-electron chi connectivity index (χ2n) is 5.21. The first-order valence-corrected chi connectivity index (χ1v) is 6.69. The number of phenols is 2. The summed E-state index contributed by atoms with van der Waals surface area (Å²) in [6.07, 6.45) is 0.343. The van der Waals surface area contributed by atoms with Crippen molar-refractivity contribution < 1.29 is 24.9 Å². The summed E-state index contributed by atoms with van der Waals surface area (Å²) in [7, 11) is 0. The number of nitrogens with one attached hydrogen (secondary N) is 2. The van der Waals surface area contributed by atoms with Crippen molar-refractivity contribution in [2.24, 2.45) is 5.92 Å². The Morgan fingerprint density at radius 3 is 2.52 bits per heavy atom. The average molecular weight is 294 g/mol. The van der Waals surface area contributed by atoms with Crippen LogP contribution in [0.25, 0.3) is 0 Å². The van der Waals surface area contributed by atoms with Crippen LogP contribution < -0.4 is 10.6 Å². The largest absolute Gasteiger partial charge is 0.504 e. The van der Waals surface area contributed by atoms with Gasteiger partial charge in [0.1, 0.15) is 6.04 Å². The van der Waals surface area contributed by atoms with E-state index in [-0.39, 0.29) is 29.7 Å². The summed E-state index contributed by atoms with van der Waals surface area (Å²) in [5.74, 6) is -1.76. The number of carboxylic acid groups (broad SMARTS) is 1. The highest BCUT2D eigenvalue weighted by atomic mass is 16.4. The van der Waals surface area contributed by atoms with Crippen LogP contribution in [0.4, 0.5) is 0 Å². The van der Waals surface area contributed by atoms with Crippen molar-refractivity contribution in [2.45, 2.75) is 18.9 Å². The molecule has 0 bridgehead atoms. The summed E-state index contributed by atoms with van der Waals surface area (Å²) in [4.78, 5) is 23.0. The van der Waals surface area contributed by atoms with E-state index in [1.165, 1.54) is 18.2 Å². The first kappa shape index (κ1) is 15.1. The number of carbonyl (C=O) groups excluding carboxylic acids is 1. The van der Waals surface area contributed by atoms with Crippen LogP contribution >= 0.6 is 0 Å². The standard InChI is InChI=1S/C14H18N2O5/c17-11-2-1-8(4-12(11)18)3-10(14(20)21)16-13(19)5-9-6-15-7-9/h1-2,4,9-10,15,17-18H,3,5-7H2,(H,16,19)(H,20,21)/t10-/m0/s1. The molecule has 114 valence electrons. The maximum atomic E-state index is 11.8. The van der Waals surface area contributed by atoms with Gasteiger partial charge in [-0.05, 0) is 36.7 Å². The minimum Gasteiger partial charge on any atom is -0.504 e. The van der Waals surface area contributed by atoms with E-state index < -0.39 is 12.0 Å². The van der Waals surface area contributed by atoms with Gasteiger partial charge in [0.05, 0.1) is 0 Å². The maximum Gasteiger partial charge on any atom is 0.326 e. The molecule has 0 saturated carbocycles. The minimum atomic E-state index is -1.14. The summed E-state index contributed by atoms with van der Waals surface area (Å²) in [6.45, 7) is 1.55. The van der Waals surface area contributed by atoms with E-state index in [4.69, 9.17) is 0 Å². The third-order valence-electron chi connectivity index (χ3n) is 3.45. The Kier molecular flexibility index (Phi) is 4.64. The van der Waals surface area contributed by atoms with Gasteiger partial charge in [-0.3, -0.25) is 4.79 Å². The Balaban J connectivity index is 1.96. The smallest absolute Gasteiger partial charge is 0.326 e. The van der Waals surface area contributed by atoms with Crippen molar-refractivity contribution >= 4 is 11.9 Å². The quantitative estimate of drug-likeness (QED) is 0.464. The van der Waals surface area contributed by atoms with Gasteiger partial charge in [-0.15, -0.1) is 0 Å². The van der Waals surface area contributed by atoms with Crippen molar-refractivity contribution in [1.82, 2.24) is 10.6 Å². The molecule has 1 aliphatic rings. The second kappa shape index (κ2) is 6.45. The Morgan fingerprint density at radius 2 is 2.00 bits per heavy atom. The Hall–Kier alpha value is -2.28. The van der Waals surface area contributed by atoms with Crippen LogP contribution in [0.1, 0.15) is 12.0 Å². The SMILES string of the molecule is O=C(CC1CNC1)N[C@@H](Cc1ccc(O)c(O)c1)C(=O)O. The Morgan fingerprint density at radius 1 is 1.29 bits per heavy atom. The molecular formula is C14H18N2O5. The third kappa shape index (κ3) is 4.09. The molecule has 1 heterocycles. The van der Waals surface area contributed by atoms with Crippen molar-refractivity contribution in [1.29, 1.82) is 0 Å². The topological polar surface area (TPSA) is 119 Å². The van der Waals surface area contributed by atoms with E-state index in [0.717, 1.165) is 13.1 Å². The third-order valence-corrected chi connectivity index (χ3v) is 3.45. The van der Waals surface area contributed by atoms with E-state index in [1.807, 2.05) is 0 Å². The molecule has 21 heavy (non-hydrogen) atoms. The lowest BCUT2D eigenvalue weighted by atomic mass is 9.98. The lowest BCUT2D eigenvalue weighted by molar-refractivity contribution is -0.142. The molecule has 1 aromatic carbocycles. The summed E-state index contributed by atoms with van der Waals surface area (Å²) in [6, 6.07) is 3.01. The molecule has 0 radical (unpaired) electrons. The van der Waals surface area contributed by atoms with Crippen LogP contribution in [0.2, 0.25) is 0 Å². The molecule has 1 aromatic rings. The maximum absolute atomic E-state index is 11.8. The normalized spacial score (nSPS) is 16.0. The van der Waals surface area contributed by atoms with Crippen LogP contribution in [-0.4, -0.2) is 46.3 Å². The van der Waals surface area contributed by atoms with Crippen molar-refractivity contribution in [3.05, 3.63) is 23.8 Å². The lowest BCUT2D eigenvalue weighted by Gasteiger charge is -2.27. The van der Waals surface area contributed by atoms with Crippen molar-refractivity contribution in [2.75, 3.05) is 13.1 Å². The summed E-state index contributed by atoms with van der Waals surface area (Å²) in [5.41, 5.74) is 0.517. The van der Waals surface area contributed by atoms with Crippen LogP contribution in [0, 0.1) is 5.92 Å². The van der Waals surface area contributed by atoms with Gasteiger partial charge in [0, 0.05) is 12.8 Å². The Bertz CT molecular complexity index is 542. The van der Waals surface area contributed by atoms with Gasteiger partial charge in [-0.1, -0.05) is 6.07 Å². The van der Waals surface area contributed by atoms with Gasteiger partial charge in [-0.2, -0.15) is 0 Å². The van der Waals surface area contributed by atoms with Crippen LogP contribution in [0.15, 0.2) is 18.2 Å². The predicted octanol–water partition coefficient (Wildman–Crippen LogP) is -0.181. The van der Waals surface area contributed by atoms with Gasteiger partial charge >= 0.3 is 5.97 Å². The van der Waals surface area contributed by atoms with E-state index in [0.29, 0.717) is 12.0 Å². The number of carbonyl (C=O) groups is 2. The highest BCUT2D eigenvalue weighted by Gasteiger charge is 2.25. The number of hydrogen-bond acceptors (Lipinski definition) is 5. The number of benzene rings is 1. The zero-order valence-electron chi connectivity index (χ0n) is 11.4. The van der Waals surface area contributed by atoms with Gasteiger partial charge in [0.25, 0.3) is 0 Å². The van der Waals surface area contributed by atoms with Gasteiger partial charge in [0.15, 0.2) is 11.5 Å².